The van der Waals surface area contributed by atoms with Crippen LogP contribution in [0.4, 0.5) is 5.69 Å². The number of nitrogens with zero attached hydrogens (tertiary/aromatic N) is 4. The molecule has 4 rings (SSSR count). The lowest BCUT2D eigenvalue weighted by Crippen LogP contribution is -2.05. The lowest BCUT2D eigenvalue weighted by atomic mass is 10.0. The summed E-state index contributed by atoms with van der Waals surface area (Å²) in [6, 6.07) is 5.87. The molecule has 4 heterocycles. The van der Waals surface area contributed by atoms with E-state index in [1.807, 2.05) is 37.4 Å². The summed E-state index contributed by atoms with van der Waals surface area (Å²) in [5.74, 6) is 0. The fourth-order valence-corrected chi connectivity index (χ4v) is 6.14. The molecule has 0 aliphatic heterocycles. The van der Waals surface area contributed by atoms with Gasteiger partial charge in [0, 0.05) is 46.4 Å². The van der Waals surface area contributed by atoms with Crippen molar-refractivity contribution in [1.82, 2.24) is 15.0 Å². The van der Waals surface area contributed by atoms with Crippen molar-refractivity contribution in [2.75, 3.05) is 5.73 Å². The van der Waals surface area contributed by atoms with E-state index in [0.29, 0.717) is 9.90 Å². The fraction of sp³-hybridized carbons (Fsp3) is 0.0968. The summed E-state index contributed by atoms with van der Waals surface area (Å²) in [6.45, 7) is 23.1. The van der Waals surface area contributed by atoms with Gasteiger partial charge in [-0.15, -0.1) is 22.7 Å². The van der Waals surface area contributed by atoms with E-state index in [0.717, 1.165) is 32.0 Å². The van der Waals surface area contributed by atoms with Crippen LogP contribution in [0.25, 0.3) is 32.0 Å². The van der Waals surface area contributed by atoms with Crippen molar-refractivity contribution in [2.45, 2.75) is 23.3 Å². The Kier molecular flexibility index (Phi) is 15.6. The topological polar surface area (TPSA) is 94.1 Å². The first kappa shape index (κ1) is 33.4. The van der Waals surface area contributed by atoms with E-state index < -0.39 is 10.8 Å². The average molecular weight is 584 g/mol. The molecule has 9 heteroatoms. The highest BCUT2D eigenvalue weighted by Gasteiger charge is 2.22. The normalized spacial score (nSPS) is 9.57. The first-order valence-electron chi connectivity index (χ1n) is 11.4. The number of aromatic nitrogens is 3. The van der Waals surface area contributed by atoms with Crippen molar-refractivity contribution in [1.29, 1.82) is 0 Å². The molecule has 2 N–H and O–H groups in total. The van der Waals surface area contributed by atoms with Crippen LogP contribution >= 0.6 is 22.7 Å². The third kappa shape index (κ3) is 9.94. The maximum absolute atomic E-state index is 12.7. The molecule has 0 saturated carbocycles. The smallest absolute Gasteiger partial charge is 0.141 e. The number of hydrogen-bond acceptors (Lipinski definition) is 8. The van der Waals surface area contributed by atoms with Crippen molar-refractivity contribution in [2.24, 2.45) is 4.99 Å². The lowest BCUT2D eigenvalue weighted by molar-refractivity contribution is 0.678. The number of thiophene rings is 1. The highest BCUT2D eigenvalue weighted by Crippen LogP contribution is 2.43. The first-order chi connectivity index (χ1) is 19.3. The van der Waals surface area contributed by atoms with Crippen LogP contribution < -0.4 is 5.73 Å². The Morgan fingerprint density at radius 1 is 1.10 bits per heavy atom. The number of pyridine rings is 2. The Morgan fingerprint density at radius 2 is 1.73 bits per heavy atom. The predicted octanol–water partition coefficient (Wildman–Crippen LogP) is 7.95. The number of aliphatic imine (C=N–C) groups is 1. The molecule has 0 aliphatic rings. The molecule has 1 atom stereocenters. The summed E-state index contributed by atoms with van der Waals surface area (Å²) in [4.78, 5) is 17.4. The first-order valence-corrected chi connectivity index (χ1v) is 14.3. The molecule has 0 spiro atoms. The second-order valence-electron chi connectivity index (χ2n) is 7.29. The largest absolute Gasteiger partial charge is 0.396 e. The Bertz CT molecular complexity index is 1610. The third-order valence-electron chi connectivity index (χ3n) is 4.38. The van der Waals surface area contributed by atoms with Crippen molar-refractivity contribution in [3.05, 3.63) is 116 Å². The van der Waals surface area contributed by atoms with Gasteiger partial charge in [-0.1, -0.05) is 49.4 Å². The Hall–Kier alpha value is -4.59. The van der Waals surface area contributed by atoms with Gasteiger partial charge < -0.3 is 5.73 Å². The summed E-state index contributed by atoms with van der Waals surface area (Å²) in [6.07, 6.45) is 6.69. The van der Waals surface area contributed by atoms with Crippen LogP contribution in [0, 0.1) is 0 Å². The fourth-order valence-electron chi connectivity index (χ4n) is 2.80. The molecule has 0 fully saturated rings. The van der Waals surface area contributed by atoms with Crippen molar-refractivity contribution in [3.8, 4) is 21.8 Å². The summed E-state index contributed by atoms with van der Waals surface area (Å²) in [5, 5.41) is 3.60. The number of anilines is 1. The minimum absolute atomic E-state index is 0.00867. The molecule has 202 valence electrons. The van der Waals surface area contributed by atoms with E-state index >= 15 is 0 Å². The van der Waals surface area contributed by atoms with Crippen molar-refractivity contribution >= 4 is 56.1 Å². The van der Waals surface area contributed by atoms with Gasteiger partial charge in [0.15, 0.2) is 0 Å². The van der Waals surface area contributed by atoms with Gasteiger partial charge in [-0.2, -0.15) is 0 Å². The minimum atomic E-state index is -1.16. The third-order valence-corrected chi connectivity index (χ3v) is 8.26. The van der Waals surface area contributed by atoms with Gasteiger partial charge in [0.1, 0.15) is 19.7 Å². The molecule has 40 heavy (non-hydrogen) atoms. The number of fused-ring (bicyclic) bond motifs is 1. The second-order valence-corrected chi connectivity index (χ2v) is 11.4. The minimum Gasteiger partial charge on any atom is -0.396 e. The molecular formula is C31H29N5OS3. The monoisotopic (exact) mass is 583 g/mol. The van der Waals surface area contributed by atoms with E-state index in [2.05, 4.69) is 89.0 Å². The van der Waals surface area contributed by atoms with Crippen molar-refractivity contribution < 1.29 is 4.21 Å². The highest BCUT2D eigenvalue weighted by atomic mass is 32.2. The number of thiazole rings is 1. The van der Waals surface area contributed by atoms with Crippen LogP contribution in [0.3, 0.4) is 0 Å². The maximum atomic E-state index is 12.7. The van der Waals surface area contributed by atoms with Crippen LogP contribution in [0.2, 0.25) is 0 Å². The van der Waals surface area contributed by atoms with E-state index in [1.54, 1.807) is 18.6 Å². The molecule has 0 amide bonds. The summed E-state index contributed by atoms with van der Waals surface area (Å²) in [5.41, 5.74) is 23.8. The van der Waals surface area contributed by atoms with Crippen LogP contribution in [0.5, 0.6) is 0 Å². The molecule has 0 radical (unpaired) electrons. The Morgan fingerprint density at radius 3 is 2.15 bits per heavy atom. The van der Waals surface area contributed by atoms with Gasteiger partial charge in [0.05, 0.1) is 16.5 Å². The van der Waals surface area contributed by atoms with Gasteiger partial charge in [-0.3, -0.25) is 14.2 Å². The number of rotatable bonds is 5. The van der Waals surface area contributed by atoms with E-state index in [1.165, 1.54) is 28.9 Å². The van der Waals surface area contributed by atoms with Gasteiger partial charge in [-0.25, -0.2) is 9.97 Å². The van der Waals surface area contributed by atoms with E-state index in [4.69, 9.17) is 10.7 Å². The summed E-state index contributed by atoms with van der Waals surface area (Å²) >= 11 is 2.94. The Labute approximate surface area is 245 Å². The average Bonchev–Trinajstić information content (AvgIpc) is 3.63. The Balaban J connectivity index is 0.000000477. The zero-order valence-electron chi connectivity index (χ0n) is 22.4. The quantitative estimate of drug-likeness (QED) is 0.190. The molecule has 4 aromatic heterocycles. The highest BCUT2D eigenvalue weighted by molar-refractivity contribution is 7.88. The van der Waals surface area contributed by atoms with Gasteiger partial charge >= 0.3 is 0 Å². The molecule has 0 aromatic carbocycles. The second kappa shape index (κ2) is 18.6. The van der Waals surface area contributed by atoms with Crippen LogP contribution in [-0.2, 0) is 10.8 Å². The molecule has 6 nitrogen and oxygen atoms in total. The zero-order chi connectivity index (χ0) is 29.9. The van der Waals surface area contributed by atoms with Gasteiger partial charge in [0.25, 0.3) is 0 Å². The van der Waals surface area contributed by atoms with Gasteiger partial charge in [-0.05, 0) is 62.2 Å². The SMILES string of the molecule is C=C=C=C=C.C=C=C=C=C.C=CN=C.CC(C)S(=O)c1sc2nc(-c3nccs3)cc(-c3cccnc3)c2c1N. The van der Waals surface area contributed by atoms with Crippen LogP contribution in [0.1, 0.15) is 13.8 Å². The van der Waals surface area contributed by atoms with E-state index in [-0.39, 0.29) is 5.25 Å². The number of nitrogens with two attached hydrogens (primary N) is 1. The standard InChI is InChI=1S/C18H16N4OS3.2C5H4.C3H5N/c1-10(2)26(23)18-15(19)14-12(11-4-3-5-20-9-11)8-13(22-17(14)25-18)16-21-6-7-24-16;2*1-3-5-4-2;1-3-4-2/h3-10H,19H2,1-2H3;2*1-2H2;3H,1-2H2. The molecule has 1 unspecified atom stereocenters. The zero-order valence-corrected chi connectivity index (χ0v) is 24.9. The van der Waals surface area contributed by atoms with Gasteiger partial charge in [0.2, 0.25) is 0 Å². The molecule has 0 saturated heterocycles. The van der Waals surface area contributed by atoms with Crippen LogP contribution in [0.15, 0.2) is 125 Å². The lowest BCUT2D eigenvalue weighted by Gasteiger charge is -2.07. The molecule has 0 bridgehead atoms. The van der Waals surface area contributed by atoms with Crippen LogP contribution in [-0.4, -0.2) is 31.1 Å². The predicted molar refractivity (Wildman–Crippen MR) is 173 cm³/mol. The molecular weight excluding hydrogens is 555 g/mol. The molecule has 0 aliphatic carbocycles. The summed E-state index contributed by atoms with van der Waals surface area (Å²) < 4.78 is 13.4. The maximum Gasteiger partial charge on any atom is 0.141 e. The van der Waals surface area contributed by atoms with Crippen molar-refractivity contribution in [3.63, 3.8) is 0 Å². The summed E-state index contributed by atoms with van der Waals surface area (Å²) in [7, 11) is -1.16. The number of nitrogen functional groups attached to an aromatic ring is 1. The molecule has 4 aromatic rings. The number of hydrogen-bond donors (Lipinski definition) is 1. The van der Waals surface area contributed by atoms with E-state index in [9.17, 15) is 4.21 Å².